The van der Waals surface area contributed by atoms with Gasteiger partial charge in [-0.3, -0.25) is 4.79 Å². The molecule has 132 valence electrons. The van der Waals surface area contributed by atoms with Gasteiger partial charge in [0.05, 0.1) is 10.6 Å². The third kappa shape index (κ3) is 5.02. The van der Waals surface area contributed by atoms with Gasteiger partial charge in [-0.1, -0.05) is 0 Å². The molecular formula is C17H24ClN3OS2. The second-order valence-electron chi connectivity index (χ2n) is 6.11. The van der Waals surface area contributed by atoms with Crippen LogP contribution >= 0.6 is 35.1 Å². The maximum Gasteiger partial charge on any atom is 0.226 e. The van der Waals surface area contributed by atoms with Crippen molar-refractivity contribution in [1.29, 1.82) is 0 Å². The van der Waals surface area contributed by atoms with E-state index < -0.39 is 0 Å². The number of carbonyl (C=O) groups is 1. The van der Waals surface area contributed by atoms with Crippen molar-refractivity contribution < 1.29 is 4.79 Å². The third-order valence-corrected chi connectivity index (χ3v) is 6.15. The normalized spacial score (nSPS) is 15.1. The van der Waals surface area contributed by atoms with Crippen molar-refractivity contribution in [2.24, 2.45) is 5.92 Å². The number of anilines is 1. The molecule has 2 N–H and O–H groups in total. The van der Waals surface area contributed by atoms with E-state index in [-0.39, 0.29) is 18.3 Å². The Hall–Kier alpha value is -0.950. The van der Waals surface area contributed by atoms with Gasteiger partial charge in [0.1, 0.15) is 0 Å². The molecule has 1 aliphatic heterocycles. The quantitative estimate of drug-likeness (QED) is 0.788. The van der Waals surface area contributed by atoms with Crippen LogP contribution in [0.1, 0.15) is 35.4 Å². The topological polar surface area (TPSA) is 54.0 Å². The summed E-state index contributed by atoms with van der Waals surface area (Å²) in [6, 6.07) is 4.21. The zero-order chi connectivity index (χ0) is 16.2. The summed E-state index contributed by atoms with van der Waals surface area (Å²) < 4.78 is 0. The maximum absolute atomic E-state index is 12.2. The highest BCUT2D eigenvalue weighted by Gasteiger charge is 2.16. The fraction of sp³-hybridized carbons (Fsp3) is 0.529. The molecule has 0 radical (unpaired) electrons. The molecule has 1 amide bonds. The highest BCUT2D eigenvalue weighted by molar-refractivity contribution is 7.18. The van der Waals surface area contributed by atoms with Crippen LogP contribution in [0.25, 0.3) is 10.6 Å². The van der Waals surface area contributed by atoms with Crippen molar-refractivity contribution >= 4 is 46.1 Å². The lowest BCUT2D eigenvalue weighted by Gasteiger charge is -2.21. The third-order valence-electron chi connectivity index (χ3n) is 4.26. The molecule has 0 unspecified atom stereocenters. The first-order valence-electron chi connectivity index (χ1n) is 8.16. The zero-order valence-corrected chi connectivity index (χ0v) is 16.5. The highest BCUT2D eigenvalue weighted by Crippen LogP contribution is 2.34. The molecule has 0 atom stereocenters. The van der Waals surface area contributed by atoms with Gasteiger partial charge in [-0.05, 0) is 64.3 Å². The van der Waals surface area contributed by atoms with Crippen LogP contribution in [0.3, 0.4) is 0 Å². The Morgan fingerprint density at radius 2 is 2.04 bits per heavy atom. The van der Waals surface area contributed by atoms with Crippen molar-refractivity contribution in [3.8, 4) is 10.6 Å². The second kappa shape index (κ2) is 8.94. The van der Waals surface area contributed by atoms with Crippen LogP contribution in [0.2, 0.25) is 0 Å². The summed E-state index contributed by atoms with van der Waals surface area (Å²) in [5, 5.41) is 7.06. The van der Waals surface area contributed by atoms with E-state index in [9.17, 15) is 4.79 Å². The Morgan fingerprint density at radius 1 is 1.29 bits per heavy atom. The molecule has 3 rings (SSSR count). The standard InChI is InChI=1S/C17H23N3OS2.ClH/c1-11-3-5-14(22-11)16-12(2)23-17(20-16)19-15(21)6-4-13-7-9-18-10-8-13;/h3,5,13,18H,4,6-10H2,1-2H3,(H,19,20,21);1H. The van der Waals surface area contributed by atoms with Gasteiger partial charge in [0.15, 0.2) is 5.13 Å². The van der Waals surface area contributed by atoms with Crippen LogP contribution in [-0.2, 0) is 4.79 Å². The maximum atomic E-state index is 12.2. The first kappa shape index (κ1) is 19.4. The molecule has 1 fully saturated rings. The number of nitrogens with zero attached hydrogens (tertiary/aromatic N) is 1. The molecule has 0 spiro atoms. The summed E-state index contributed by atoms with van der Waals surface area (Å²) in [4.78, 5) is 20.4. The Kier molecular flexibility index (Phi) is 7.22. The van der Waals surface area contributed by atoms with E-state index in [1.165, 1.54) is 22.6 Å². The number of aromatic nitrogens is 1. The van der Waals surface area contributed by atoms with Crippen LogP contribution in [0, 0.1) is 19.8 Å². The number of piperidine rings is 1. The molecule has 3 heterocycles. The SMILES string of the molecule is Cc1ccc(-c2nc(NC(=O)CCC3CCNCC3)sc2C)s1.Cl. The summed E-state index contributed by atoms with van der Waals surface area (Å²) in [5.74, 6) is 0.774. The highest BCUT2D eigenvalue weighted by atomic mass is 35.5. The minimum Gasteiger partial charge on any atom is -0.317 e. The zero-order valence-electron chi connectivity index (χ0n) is 14.1. The summed E-state index contributed by atoms with van der Waals surface area (Å²) >= 11 is 3.30. The largest absolute Gasteiger partial charge is 0.317 e. The first-order chi connectivity index (χ1) is 11.1. The van der Waals surface area contributed by atoms with E-state index in [1.54, 1.807) is 22.7 Å². The monoisotopic (exact) mass is 385 g/mol. The Morgan fingerprint density at radius 3 is 2.71 bits per heavy atom. The van der Waals surface area contributed by atoms with Gasteiger partial charge in [-0.25, -0.2) is 4.98 Å². The number of hydrogen-bond donors (Lipinski definition) is 2. The summed E-state index contributed by atoms with van der Waals surface area (Å²) in [6.45, 7) is 6.33. The summed E-state index contributed by atoms with van der Waals surface area (Å²) in [7, 11) is 0. The molecular weight excluding hydrogens is 362 g/mol. The lowest BCUT2D eigenvalue weighted by molar-refractivity contribution is -0.116. The van der Waals surface area contributed by atoms with E-state index >= 15 is 0 Å². The van der Waals surface area contributed by atoms with Crippen LogP contribution in [0.4, 0.5) is 5.13 Å². The van der Waals surface area contributed by atoms with Crippen molar-refractivity contribution in [3.63, 3.8) is 0 Å². The number of thiophene rings is 1. The van der Waals surface area contributed by atoms with Crippen LogP contribution in [-0.4, -0.2) is 24.0 Å². The predicted molar refractivity (Wildman–Crippen MR) is 106 cm³/mol. The lowest BCUT2D eigenvalue weighted by Crippen LogP contribution is -2.28. The van der Waals surface area contributed by atoms with Gasteiger partial charge in [0.2, 0.25) is 5.91 Å². The second-order valence-corrected chi connectivity index (χ2v) is 8.61. The van der Waals surface area contributed by atoms with Gasteiger partial charge >= 0.3 is 0 Å². The summed E-state index contributed by atoms with van der Waals surface area (Å²) in [5.41, 5.74) is 1.00. The van der Waals surface area contributed by atoms with E-state index in [0.29, 0.717) is 12.3 Å². The van der Waals surface area contributed by atoms with E-state index in [0.717, 1.165) is 35.2 Å². The average molecular weight is 386 g/mol. The number of rotatable bonds is 5. The minimum atomic E-state index is 0. The van der Waals surface area contributed by atoms with Crippen LogP contribution < -0.4 is 10.6 Å². The number of hydrogen-bond acceptors (Lipinski definition) is 5. The molecule has 0 aliphatic carbocycles. The van der Waals surface area contributed by atoms with Crippen molar-refractivity contribution in [3.05, 3.63) is 21.9 Å². The Labute approximate surface area is 157 Å². The number of aryl methyl sites for hydroxylation is 2. The number of thiazole rings is 1. The van der Waals surface area contributed by atoms with Crippen molar-refractivity contribution in [1.82, 2.24) is 10.3 Å². The Balaban J connectivity index is 0.00000208. The molecule has 24 heavy (non-hydrogen) atoms. The minimum absolute atomic E-state index is 0. The molecule has 7 heteroatoms. The molecule has 1 aliphatic rings. The lowest BCUT2D eigenvalue weighted by atomic mass is 9.93. The molecule has 0 aromatic carbocycles. The van der Waals surface area contributed by atoms with Crippen molar-refractivity contribution in [2.75, 3.05) is 18.4 Å². The fourth-order valence-corrected chi connectivity index (χ4v) is 4.75. The van der Waals surface area contributed by atoms with Gasteiger partial charge in [0.25, 0.3) is 0 Å². The average Bonchev–Trinajstić information content (AvgIpc) is 3.12. The number of carbonyl (C=O) groups excluding carboxylic acids is 1. The van der Waals surface area contributed by atoms with Crippen LogP contribution in [0.5, 0.6) is 0 Å². The number of halogens is 1. The number of nitrogens with one attached hydrogen (secondary N) is 2. The smallest absolute Gasteiger partial charge is 0.226 e. The fourth-order valence-electron chi connectivity index (χ4n) is 2.93. The number of amides is 1. The molecule has 4 nitrogen and oxygen atoms in total. The van der Waals surface area contributed by atoms with E-state index in [2.05, 4.69) is 41.6 Å². The van der Waals surface area contributed by atoms with E-state index in [1.807, 2.05) is 0 Å². The van der Waals surface area contributed by atoms with Gasteiger partial charge < -0.3 is 10.6 Å². The predicted octanol–water partition coefficient (Wildman–Crippen LogP) is 4.63. The Bertz CT molecular complexity index is 677. The molecule has 2 aromatic heterocycles. The summed E-state index contributed by atoms with van der Waals surface area (Å²) in [6.07, 6.45) is 3.95. The van der Waals surface area contributed by atoms with E-state index in [4.69, 9.17) is 0 Å². The van der Waals surface area contributed by atoms with Crippen LogP contribution in [0.15, 0.2) is 12.1 Å². The van der Waals surface area contributed by atoms with Gasteiger partial charge in [-0.2, -0.15) is 0 Å². The molecule has 0 saturated carbocycles. The first-order valence-corrected chi connectivity index (χ1v) is 9.80. The van der Waals surface area contributed by atoms with Gasteiger partial charge in [-0.15, -0.1) is 35.1 Å². The molecule has 1 saturated heterocycles. The molecule has 0 bridgehead atoms. The van der Waals surface area contributed by atoms with Crippen molar-refractivity contribution in [2.45, 2.75) is 39.5 Å². The molecule has 2 aromatic rings. The van der Waals surface area contributed by atoms with Gasteiger partial charge in [0, 0.05) is 16.2 Å².